The van der Waals surface area contributed by atoms with Crippen LogP contribution in [0.4, 0.5) is 43.4 Å². The predicted octanol–water partition coefficient (Wildman–Crippen LogP) is 7.53. The minimum Gasteiger partial charge on any atom is -0.372 e. The Balaban J connectivity index is 1.51. The van der Waals surface area contributed by atoms with Crippen LogP contribution in [0.5, 0.6) is 0 Å². The van der Waals surface area contributed by atoms with Gasteiger partial charge in [0, 0.05) is 18.2 Å². The molecule has 0 heterocycles. The summed E-state index contributed by atoms with van der Waals surface area (Å²) in [6, 6.07) is 7.52. The summed E-state index contributed by atoms with van der Waals surface area (Å²) in [6.45, 7) is 1.34. The van der Waals surface area contributed by atoms with Crippen LogP contribution in [0.25, 0.3) is 0 Å². The Morgan fingerprint density at radius 1 is 0.932 bits per heavy atom. The van der Waals surface area contributed by atoms with Crippen LogP contribution >= 0.6 is 34.8 Å². The molecule has 16 heteroatoms. The van der Waals surface area contributed by atoms with E-state index >= 15 is 0 Å². The fourth-order valence-corrected chi connectivity index (χ4v) is 5.37. The molecule has 0 bridgehead atoms. The molecule has 3 amide bonds. The van der Waals surface area contributed by atoms with E-state index in [1.165, 1.54) is 12.1 Å². The Kier molecular flexibility index (Phi) is 9.74. The minimum absolute atomic E-state index is 0.0159. The highest BCUT2D eigenvalue weighted by Crippen LogP contribution is 2.65. The summed E-state index contributed by atoms with van der Waals surface area (Å²) >= 11 is 18.6. The molecule has 7 nitrogen and oxygen atoms in total. The summed E-state index contributed by atoms with van der Waals surface area (Å²) in [7, 11) is 0. The highest BCUT2D eigenvalue weighted by atomic mass is 35.5. The van der Waals surface area contributed by atoms with Crippen molar-refractivity contribution >= 4 is 69.6 Å². The Morgan fingerprint density at radius 3 is 2.27 bits per heavy atom. The second-order valence-electron chi connectivity index (χ2n) is 9.47. The van der Waals surface area contributed by atoms with Crippen LogP contribution in [0.2, 0.25) is 5.02 Å². The van der Waals surface area contributed by atoms with Crippen molar-refractivity contribution in [2.75, 3.05) is 29.2 Å². The molecule has 0 radical (unpaired) electrons. The molecule has 4 rings (SSSR count). The third-order valence-corrected chi connectivity index (χ3v) is 7.78. The van der Waals surface area contributed by atoms with Gasteiger partial charge in [-0.05, 0) is 55.0 Å². The zero-order chi connectivity index (χ0) is 32.6. The first-order chi connectivity index (χ1) is 20.6. The summed E-state index contributed by atoms with van der Waals surface area (Å²) in [5.74, 6) is -8.94. The van der Waals surface area contributed by atoms with Crippen LogP contribution in [0.15, 0.2) is 48.5 Å². The molecule has 0 spiro atoms. The molecule has 44 heavy (non-hydrogen) atoms. The first-order valence-corrected chi connectivity index (χ1v) is 13.7. The van der Waals surface area contributed by atoms with Crippen molar-refractivity contribution in [2.24, 2.45) is 5.92 Å². The molecule has 1 fully saturated rings. The highest BCUT2D eigenvalue weighted by molar-refractivity contribution is 6.53. The standard InChI is InChI=1S/C28H20Cl3F6N3O4/c1-2-44-11-20(41)40-24-18(33)7-8-19(23(24)34)39-25(42)14-10-13(4-5-16(14)29)38-26(43)22-21(27(22,30)31)12-3-6-17(32)15(9-12)28(35,36)37/h3-10,21-22H,2,11H2,1H3,(H,38,43)(H,39,42)(H,40,41)/t21-,22+/m0/s1. The normalized spacial score (nSPS) is 17.1. The molecule has 1 aliphatic rings. The molecule has 1 saturated carbocycles. The largest absolute Gasteiger partial charge is 0.419 e. The van der Waals surface area contributed by atoms with E-state index in [4.69, 9.17) is 39.5 Å². The molecule has 234 valence electrons. The van der Waals surface area contributed by atoms with E-state index in [9.17, 15) is 40.7 Å². The summed E-state index contributed by atoms with van der Waals surface area (Å²) < 4.78 is 85.6. The summed E-state index contributed by atoms with van der Waals surface area (Å²) in [5.41, 5.74) is -3.28. The highest BCUT2D eigenvalue weighted by Gasteiger charge is 2.67. The smallest absolute Gasteiger partial charge is 0.372 e. The van der Waals surface area contributed by atoms with Gasteiger partial charge in [-0.3, -0.25) is 14.4 Å². The van der Waals surface area contributed by atoms with Crippen LogP contribution < -0.4 is 16.0 Å². The Bertz CT molecular complexity index is 1640. The number of ether oxygens (including phenoxy) is 1. The monoisotopic (exact) mass is 681 g/mol. The van der Waals surface area contributed by atoms with Gasteiger partial charge in [-0.25, -0.2) is 13.2 Å². The first-order valence-electron chi connectivity index (χ1n) is 12.6. The molecule has 3 aromatic rings. The van der Waals surface area contributed by atoms with Crippen molar-refractivity contribution in [2.45, 2.75) is 23.4 Å². The SMILES string of the molecule is CCOCC(=O)Nc1c(F)ccc(NC(=O)c2cc(NC(=O)[C@H]3[C@H](c4ccc(F)c(C(F)(F)F)c4)C3(Cl)Cl)ccc2Cl)c1F. The van der Waals surface area contributed by atoms with Crippen molar-refractivity contribution in [1.29, 1.82) is 0 Å². The number of nitrogens with one attached hydrogen (secondary N) is 3. The van der Waals surface area contributed by atoms with Crippen molar-refractivity contribution in [3.63, 3.8) is 0 Å². The number of alkyl halides is 5. The molecule has 3 N–H and O–H groups in total. The maximum absolute atomic E-state index is 15.0. The van der Waals surface area contributed by atoms with Crippen molar-refractivity contribution in [3.05, 3.63) is 87.7 Å². The van der Waals surface area contributed by atoms with Gasteiger partial charge in [-0.2, -0.15) is 13.2 Å². The van der Waals surface area contributed by atoms with E-state index < -0.39 is 81.1 Å². The fraction of sp³-hybridized carbons (Fsp3) is 0.250. The maximum atomic E-state index is 15.0. The molecule has 1 aliphatic carbocycles. The molecule has 2 atom stereocenters. The average Bonchev–Trinajstić information content (AvgIpc) is 3.53. The molecule has 0 aliphatic heterocycles. The van der Waals surface area contributed by atoms with Crippen LogP contribution in [-0.4, -0.2) is 35.3 Å². The van der Waals surface area contributed by atoms with E-state index in [0.29, 0.717) is 12.1 Å². The number of hydrogen-bond acceptors (Lipinski definition) is 4. The zero-order valence-corrected chi connectivity index (χ0v) is 24.5. The number of rotatable bonds is 9. The lowest BCUT2D eigenvalue weighted by Gasteiger charge is -2.13. The molecule has 0 saturated heterocycles. The zero-order valence-electron chi connectivity index (χ0n) is 22.2. The Hall–Kier alpha value is -3.52. The number of carbonyl (C=O) groups excluding carboxylic acids is 3. The van der Waals surface area contributed by atoms with Crippen LogP contribution in [0.3, 0.4) is 0 Å². The van der Waals surface area contributed by atoms with E-state index in [1.54, 1.807) is 6.92 Å². The fourth-order valence-electron chi connectivity index (χ4n) is 4.34. The molecule has 0 aromatic heterocycles. The van der Waals surface area contributed by atoms with E-state index in [2.05, 4.69) is 10.6 Å². The van der Waals surface area contributed by atoms with Gasteiger partial charge in [-0.15, -0.1) is 23.2 Å². The summed E-state index contributed by atoms with van der Waals surface area (Å²) in [6.07, 6.45) is -5.00. The summed E-state index contributed by atoms with van der Waals surface area (Å²) in [4.78, 5) is 37.9. The van der Waals surface area contributed by atoms with E-state index in [0.717, 1.165) is 24.3 Å². The maximum Gasteiger partial charge on any atom is 0.419 e. The van der Waals surface area contributed by atoms with Crippen molar-refractivity contribution < 1.29 is 45.5 Å². The molecular formula is C28H20Cl3F6N3O4. The first kappa shape index (κ1) is 33.4. The van der Waals surface area contributed by atoms with E-state index in [-0.39, 0.29) is 28.4 Å². The molecule has 0 unspecified atom stereocenters. The van der Waals surface area contributed by atoms with Crippen molar-refractivity contribution in [1.82, 2.24) is 0 Å². The molecular weight excluding hydrogens is 663 g/mol. The third kappa shape index (κ3) is 7.06. The van der Waals surface area contributed by atoms with Crippen LogP contribution in [-0.2, 0) is 20.5 Å². The minimum atomic E-state index is -5.00. The van der Waals surface area contributed by atoms with Crippen LogP contribution in [0.1, 0.15) is 34.3 Å². The second kappa shape index (κ2) is 12.8. The lowest BCUT2D eigenvalue weighted by molar-refractivity contribution is -0.140. The van der Waals surface area contributed by atoms with Gasteiger partial charge in [0.2, 0.25) is 5.91 Å². The van der Waals surface area contributed by atoms with Gasteiger partial charge in [0.05, 0.1) is 27.8 Å². The van der Waals surface area contributed by atoms with Gasteiger partial charge in [0.25, 0.3) is 11.8 Å². The number of halogens is 9. The number of anilines is 3. The topological polar surface area (TPSA) is 96.5 Å². The summed E-state index contributed by atoms with van der Waals surface area (Å²) in [5, 5.41) is 6.54. The lowest BCUT2D eigenvalue weighted by Crippen LogP contribution is -2.21. The Labute approximate surface area is 260 Å². The second-order valence-corrected chi connectivity index (χ2v) is 11.3. The Morgan fingerprint density at radius 2 is 1.61 bits per heavy atom. The van der Waals surface area contributed by atoms with Gasteiger partial charge >= 0.3 is 6.18 Å². The van der Waals surface area contributed by atoms with Gasteiger partial charge in [-0.1, -0.05) is 17.7 Å². The third-order valence-electron chi connectivity index (χ3n) is 6.51. The quantitative estimate of drug-likeness (QED) is 0.161. The number of hydrogen-bond donors (Lipinski definition) is 3. The van der Waals surface area contributed by atoms with Crippen LogP contribution in [0, 0.1) is 23.4 Å². The number of carbonyl (C=O) groups is 3. The predicted molar refractivity (Wildman–Crippen MR) is 152 cm³/mol. The number of benzene rings is 3. The van der Waals surface area contributed by atoms with Gasteiger partial charge in [0.15, 0.2) is 5.82 Å². The average molecular weight is 683 g/mol. The van der Waals surface area contributed by atoms with Gasteiger partial charge < -0.3 is 20.7 Å². The van der Waals surface area contributed by atoms with E-state index in [1.807, 2.05) is 5.32 Å². The van der Waals surface area contributed by atoms with Crippen molar-refractivity contribution in [3.8, 4) is 0 Å². The lowest BCUT2D eigenvalue weighted by atomic mass is 10.0. The van der Waals surface area contributed by atoms with Gasteiger partial charge in [0.1, 0.15) is 28.3 Å². The molecule has 3 aromatic carbocycles. The number of amides is 3.